The molecule has 0 amide bonds. The quantitative estimate of drug-likeness (QED) is 0.359. The number of hydrogen-bond donors (Lipinski definition) is 2. The Balaban J connectivity index is 0.000000304. The third-order valence-electron chi connectivity index (χ3n) is 1.41. The van der Waals surface area contributed by atoms with E-state index in [9.17, 15) is 13.2 Å². The van der Waals surface area contributed by atoms with Gasteiger partial charge in [-0.05, 0) is 30.5 Å². The normalized spacial score (nSPS) is 11.6. The van der Waals surface area contributed by atoms with Crippen molar-refractivity contribution in [2.24, 2.45) is 0 Å². The van der Waals surface area contributed by atoms with Crippen LogP contribution in [0.5, 0.6) is 0 Å². The highest BCUT2D eigenvalue weighted by molar-refractivity contribution is 7.98. The molecule has 98 valence electrons. The smallest absolute Gasteiger partial charge is 0.399 e. The monoisotopic (exact) mass is 289 g/mol. The summed E-state index contributed by atoms with van der Waals surface area (Å²) in [7, 11) is -5.84. The van der Waals surface area contributed by atoms with Crippen LogP contribution in [0.25, 0.3) is 0 Å². The molecule has 0 unspecified atom stereocenters. The molecule has 0 atom stereocenters. The average Bonchev–Trinajstić information content (AvgIpc) is 2.17. The van der Waals surface area contributed by atoms with Gasteiger partial charge in [-0.25, -0.2) is 0 Å². The summed E-state index contributed by atoms with van der Waals surface area (Å²) in [5.41, 5.74) is 0.764. The van der Waals surface area contributed by atoms with Gasteiger partial charge < -0.3 is 5.73 Å². The molecule has 9 heteroatoms. The van der Waals surface area contributed by atoms with Crippen LogP contribution in [0, 0.1) is 0 Å². The standard InChI is InChI=1S/C7H9NS.CHF3O3S/c1-9-7-4-2-6(8)3-5-7;2-1(3,4)8(5,6)7/h2-5H,8H2,1H3;(H,5,6,7). The molecule has 1 aromatic carbocycles. The highest BCUT2D eigenvalue weighted by Crippen LogP contribution is 2.20. The van der Waals surface area contributed by atoms with Gasteiger partial charge in [0, 0.05) is 10.6 Å². The summed E-state index contributed by atoms with van der Waals surface area (Å²) < 4.78 is 57.5. The van der Waals surface area contributed by atoms with E-state index in [1.165, 1.54) is 4.90 Å². The predicted octanol–water partition coefficient (Wildman–Crippen LogP) is 2.38. The summed E-state index contributed by atoms with van der Waals surface area (Å²) in [6.45, 7) is 0. The van der Waals surface area contributed by atoms with E-state index in [4.69, 9.17) is 18.7 Å². The number of alkyl halides is 3. The van der Waals surface area contributed by atoms with Crippen LogP contribution >= 0.6 is 11.8 Å². The third-order valence-corrected chi connectivity index (χ3v) is 2.74. The summed E-state index contributed by atoms with van der Waals surface area (Å²) in [4.78, 5) is 1.25. The molecule has 17 heavy (non-hydrogen) atoms. The Morgan fingerprint density at radius 2 is 1.59 bits per heavy atom. The van der Waals surface area contributed by atoms with Gasteiger partial charge in [-0.1, -0.05) is 0 Å². The Morgan fingerprint density at radius 1 is 1.24 bits per heavy atom. The van der Waals surface area contributed by atoms with Gasteiger partial charge in [0.15, 0.2) is 0 Å². The molecule has 4 nitrogen and oxygen atoms in total. The molecule has 0 saturated carbocycles. The van der Waals surface area contributed by atoms with Crippen molar-refractivity contribution >= 4 is 27.6 Å². The molecule has 3 N–H and O–H groups in total. The lowest BCUT2D eigenvalue weighted by Crippen LogP contribution is -2.21. The number of hydrogen-bond acceptors (Lipinski definition) is 4. The Kier molecular flexibility index (Phi) is 5.79. The summed E-state index contributed by atoms with van der Waals surface area (Å²) in [6.07, 6.45) is 2.05. The molecule has 1 aromatic rings. The first-order valence-electron chi connectivity index (χ1n) is 4.01. The van der Waals surface area contributed by atoms with Crippen LogP contribution in [-0.4, -0.2) is 24.7 Å². The first-order valence-corrected chi connectivity index (χ1v) is 6.67. The molecular weight excluding hydrogens is 279 g/mol. The van der Waals surface area contributed by atoms with Crippen molar-refractivity contribution < 1.29 is 26.1 Å². The van der Waals surface area contributed by atoms with Crippen molar-refractivity contribution in [3.8, 4) is 0 Å². The van der Waals surface area contributed by atoms with Crippen LogP contribution in [0.1, 0.15) is 0 Å². The fraction of sp³-hybridized carbons (Fsp3) is 0.250. The van der Waals surface area contributed by atoms with E-state index in [1.807, 2.05) is 30.5 Å². The van der Waals surface area contributed by atoms with Gasteiger partial charge in [0.25, 0.3) is 0 Å². The van der Waals surface area contributed by atoms with E-state index in [0.29, 0.717) is 0 Å². The number of anilines is 1. The topological polar surface area (TPSA) is 80.4 Å². The Hall–Kier alpha value is -0.930. The second-order valence-corrected chi connectivity index (χ2v) is 4.99. The summed E-state index contributed by atoms with van der Waals surface area (Å²) in [6, 6.07) is 7.84. The molecule has 0 saturated heterocycles. The van der Waals surface area contributed by atoms with Gasteiger partial charge in [0.2, 0.25) is 0 Å². The minimum atomic E-state index is -5.84. The SMILES string of the molecule is CSc1ccc(N)cc1.O=S(=O)(O)C(F)(F)F. The number of nitrogen functional groups attached to an aromatic ring is 1. The van der Waals surface area contributed by atoms with Crippen LogP contribution in [0.2, 0.25) is 0 Å². The third kappa shape index (κ3) is 6.39. The first-order chi connectivity index (χ1) is 7.58. The van der Waals surface area contributed by atoms with Gasteiger partial charge in [0.05, 0.1) is 0 Å². The molecule has 0 fully saturated rings. The lowest BCUT2D eigenvalue weighted by molar-refractivity contribution is -0.0510. The average molecular weight is 289 g/mol. The zero-order valence-electron chi connectivity index (χ0n) is 8.60. The maximum atomic E-state index is 10.7. The highest BCUT2D eigenvalue weighted by Gasteiger charge is 2.44. The number of halogens is 3. The van der Waals surface area contributed by atoms with Crippen molar-refractivity contribution in [2.45, 2.75) is 10.4 Å². The molecule has 0 aliphatic rings. The van der Waals surface area contributed by atoms with Crippen LogP contribution in [-0.2, 0) is 10.1 Å². The lowest BCUT2D eigenvalue weighted by Gasteiger charge is -1.97. The fourth-order valence-electron chi connectivity index (χ4n) is 0.604. The minimum Gasteiger partial charge on any atom is -0.399 e. The van der Waals surface area contributed by atoms with E-state index >= 15 is 0 Å². The molecule has 0 spiro atoms. The molecule has 0 bridgehead atoms. The van der Waals surface area contributed by atoms with E-state index in [2.05, 4.69) is 0 Å². The first kappa shape index (κ1) is 16.1. The minimum absolute atomic E-state index is 0.827. The highest BCUT2D eigenvalue weighted by atomic mass is 32.2. The second-order valence-electron chi connectivity index (χ2n) is 2.69. The van der Waals surface area contributed by atoms with Gasteiger partial charge in [-0.2, -0.15) is 21.6 Å². The van der Waals surface area contributed by atoms with E-state index in [1.54, 1.807) is 11.8 Å². The van der Waals surface area contributed by atoms with Crippen molar-refractivity contribution in [3.63, 3.8) is 0 Å². The van der Waals surface area contributed by atoms with E-state index < -0.39 is 15.6 Å². The maximum Gasteiger partial charge on any atom is 0.522 e. The molecular formula is C8H10F3NO3S2. The van der Waals surface area contributed by atoms with Crippen LogP contribution < -0.4 is 5.73 Å². The van der Waals surface area contributed by atoms with E-state index in [0.717, 1.165) is 5.69 Å². The molecule has 0 aliphatic heterocycles. The Morgan fingerprint density at radius 3 is 1.82 bits per heavy atom. The van der Waals surface area contributed by atoms with Crippen molar-refractivity contribution in [1.29, 1.82) is 0 Å². The largest absolute Gasteiger partial charge is 0.522 e. The van der Waals surface area contributed by atoms with Gasteiger partial charge in [0.1, 0.15) is 0 Å². The predicted molar refractivity (Wildman–Crippen MR) is 60.2 cm³/mol. The number of benzene rings is 1. The number of nitrogens with two attached hydrogens (primary N) is 1. The zero-order valence-corrected chi connectivity index (χ0v) is 10.2. The maximum absolute atomic E-state index is 10.7. The van der Waals surface area contributed by atoms with Crippen molar-refractivity contribution in [2.75, 3.05) is 12.0 Å². The summed E-state index contributed by atoms with van der Waals surface area (Å²) >= 11 is 1.72. The lowest BCUT2D eigenvalue weighted by atomic mass is 10.3. The van der Waals surface area contributed by atoms with Gasteiger partial charge >= 0.3 is 15.6 Å². The molecule has 0 aliphatic carbocycles. The molecule has 0 heterocycles. The second kappa shape index (κ2) is 6.12. The number of rotatable bonds is 1. The van der Waals surface area contributed by atoms with Crippen LogP contribution in [0.3, 0.4) is 0 Å². The van der Waals surface area contributed by atoms with Crippen molar-refractivity contribution in [3.05, 3.63) is 24.3 Å². The Labute approximate surface area is 101 Å². The zero-order chi connectivity index (χ0) is 13.7. The Bertz CT molecular complexity index is 442. The van der Waals surface area contributed by atoms with Crippen LogP contribution in [0.15, 0.2) is 29.2 Å². The summed E-state index contributed by atoms with van der Waals surface area (Å²) in [5, 5.41) is 0. The molecule has 0 radical (unpaired) electrons. The molecule has 1 rings (SSSR count). The van der Waals surface area contributed by atoms with Crippen molar-refractivity contribution in [1.82, 2.24) is 0 Å². The van der Waals surface area contributed by atoms with Gasteiger partial charge in [-0.15, -0.1) is 11.8 Å². The van der Waals surface area contributed by atoms with Crippen LogP contribution in [0.4, 0.5) is 18.9 Å². The van der Waals surface area contributed by atoms with E-state index in [-0.39, 0.29) is 0 Å². The summed E-state index contributed by atoms with van der Waals surface area (Å²) in [5.74, 6) is 0. The molecule has 0 aromatic heterocycles. The fourth-order valence-corrected chi connectivity index (χ4v) is 1.01. The number of thioether (sulfide) groups is 1. The van der Waals surface area contributed by atoms with Gasteiger partial charge in [-0.3, -0.25) is 4.55 Å².